The third-order valence-corrected chi connectivity index (χ3v) is 8.78. The highest BCUT2D eigenvalue weighted by atomic mass is 35.5. The first-order chi connectivity index (χ1) is 16.6. The molecular formula is C26H34ClN3O4Si2. The van der Waals surface area contributed by atoms with Crippen molar-refractivity contribution < 1.29 is 19.1 Å². The molecule has 0 radical (unpaired) electrons. The standard InChI is InChI=1S/C26H34ClN3O4Si2/c1-17-21(16-24(31)30(36(6,7)8)26(33)28-35(3,4)5)22-15-20(34-2)13-14-23(22)29(17)25(32)18-9-11-19(27)12-10-18/h9-15H,16H2,1-8H3,(H,28,33). The predicted octanol–water partition coefficient (Wildman–Crippen LogP) is 6.05. The molecule has 3 amide bonds. The molecule has 1 N–H and O–H groups in total. The van der Waals surface area contributed by atoms with Gasteiger partial charge in [-0.1, -0.05) is 50.9 Å². The summed E-state index contributed by atoms with van der Waals surface area (Å²) in [6.07, 6.45) is -0.0141. The van der Waals surface area contributed by atoms with Gasteiger partial charge in [0, 0.05) is 21.7 Å². The van der Waals surface area contributed by atoms with Crippen LogP contribution in [0, 0.1) is 6.92 Å². The van der Waals surface area contributed by atoms with Gasteiger partial charge < -0.3 is 9.72 Å². The van der Waals surface area contributed by atoms with Crippen molar-refractivity contribution in [2.24, 2.45) is 0 Å². The first kappa shape index (κ1) is 27.7. The zero-order valence-electron chi connectivity index (χ0n) is 22.2. The van der Waals surface area contributed by atoms with Gasteiger partial charge in [0.1, 0.15) is 14.0 Å². The van der Waals surface area contributed by atoms with Gasteiger partial charge >= 0.3 is 6.03 Å². The molecule has 0 saturated carbocycles. The van der Waals surface area contributed by atoms with E-state index in [0.717, 1.165) is 5.39 Å². The highest BCUT2D eigenvalue weighted by Gasteiger charge is 2.36. The van der Waals surface area contributed by atoms with Gasteiger partial charge in [0.05, 0.1) is 19.0 Å². The Morgan fingerprint density at radius 3 is 2.14 bits per heavy atom. The van der Waals surface area contributed by atoms with E-state index >= 15 is 0 Å². The van der Waals surface area contributed by atoms with Crippen molar-refractivity contribution in [3.8, 4) is 5.75 Å². The average molecular weight is 544 g/mol. The predicted molar refractivity (Wildman–Crippen MR) is 150 cm³/mol. The molecule has 36 heavy (non-hydrogen) atoms. The number of ether oxygens (including phenoxy) is 1. The number of carbonyl (C=O) groups excluding carboxylic acids is 3. The smallest absolute Gasteiger partial charge is 0.308 e. The van der Waals surface area contributed by atoms with Crippen LogP contribution in [-0.4, -0.2) is 50.6 Å². The number of carbonyl (C=O) groups is 3. The summed E-state index contributed by atoms with van der Waals surface area (Å²) in [4.78, 5) is 43.5. The van der Waals surface area contributed by atoms with Gasteiger partial charge in [0.25, 0.3) is 5.91 Å². The average Bonchev–Trinajstić information content (AvgIpc) is 3.02. The van der Waals surface area contributed by atoms with Crippen LogP contribution in [0.2, 0.25) is 44.3 Å². The van der Waals surface area contributed by atoms with Crippen LogP contribution in [0.15, 0.2) is 42.5 Å². The lowest BCUT2D eigenvalue weighted by Crippen LogP contribution is -2.61. The Morgan fingerprint density at radius 1 is 1.00 bits per heavy atom. The van der Waals surface area contributed by atoms with E-state index in [4.69, 9.17) is 16.3 Å². The van der Waals surface area contributed by atoms with Crippen LogP contribution in [0.5, 0.6) is 5.75 Å². The first-order valence-electron chi connectivity index (χ1n) is 11.8. The number of rotatable bonds is 6. The lowest BCUT2D eigenvalue weighted by atomic mass is 10.1. The van der Waals surface area contributed by atoms with E-state index < -0.39 is 16.5 Å². The fourth-order valence-corrected chi connectivity index (χ4v) is 6.68. The number of aromatic nitrogens is 1. The van der Waals surface area contributed by atoms with Crippen molar-refractivity contribution in [3.05, 3.63) is 64.3 Å². The Labute approximate surface area is 219 Å². The van der Waals surface area contributed by atoms with E-state index in [1.165, 1.54) is 4.57 Å². The monoisotopic (exact) mass is 543 g/mol. The minimum Gasteiger partial charge on any atom is -0.497 e. The minimum absolute atomic E-state index is 0.0141. The van der Waals surface area contributed by atoms with Gasteiger partial charge in [-0.05, 0) is 55.0 Å². The number of fused-ring (bicyclic) bond motifs is 1. The molecule has 0 aliphatic heterocycles. The number of urea groups is 1. The lowest BCUT2D eigenvalue weighted by Gasteiger charge is -2.34. The molecule has 0 unspecified atom stereocenters. The molecule has 0 fully saturated rings. The van der Waals surface area contributed by atoms with Gasteiger partial charge in [-0.3, -0.25) is 18.7 Å². The quantitative estimate of drug-likeness (QED) is 0.384. The second-order valence-electron chi connectivity index (χ2n) is 10.9. The summed E-state index contributed by atoms with van der Waals surface area (Å²) in [6, 6.07) is 11.8. The topological polar surface area (TPSA) is 80.6 Å². The summed E-state index contributed by atoms with van der Waals surface area (Å²) >= 11 is 6.01. The molecule has 0 aliphatic rings. The number of benzene rings is 2. The molecule has 3 aromatic rings. The van der Waals surface area contributed by atoms with E-state index in [1.807, 2.05) is 58.3 Å². The summed E-state index contributed by atoms with van der Waals surface area (Å²) in [7, 11) is -2.75. The van der Waals surface area contributed by atoms with Gasteiger partial charge in [-0.15, -0.1) is 0 Å². The Bertz CT molecular complexity index is 1320. The second-order valence-corrected chi connectivity index (χ2v) is 20.8. The number of halogens is 1. The van der Waals surface area contributed by atoms with E-state index in [0.29, 0.717) is 33.1 Å². The summed E-state index contributed by atoms with van der Waals surface area (Å²) < 4.78 is 8.47. The molecular weight excluding hydrogens is 510 g/mol. The van der Waals surface area contributed by atoms with Crippen LogP contribution in [-0.2, 0) is 11.2 Å². The number of hydrogen-bond acceptors (Lipinski definition) is 4. The first-order valence-corrected chi connectivity index (χ1v) is 19.1. The van der Waals surface area contributed by atoms with Gasteiger partial charge in [-0.25, -0.2) is 4.79 Å². The normalized spacial score (nSPS) is 11.9. The van der Waals surface area contributed by atoms with Crippen molar-refractivity contribution >= 4 is 56.8 Å². The number of amides is 3. The molecule has 1 aromatic heterocycles. The number of nitrogens with zero attached hydrogens (tertiary/aromatic N) is 2. The third kappa shape index (κ3) is 5.91. The van der Waals surface area contributed by atoms with Crippen molar-refractivity contribution in [2.75, 3.05) is 7.11 Å². The molecule has 0 atom stereocenters. The van der Waals surface area contributed by atoms with Gasteiger partial charge in [0.2, 0.25) is 5.91 Å². The molecule has 1 heterocycles. The molecule has 0 saturated heterocycles. The highest BCUT2D eigenvalue weighted by Crippen LogP contribution is 2.31. The summed E-state index contributed by atoms with van der Waals surface area (Å²) in [5.41, 5.74) is 2.49. The molecule has 3 rings (SSSR count). The number of nitrogens with one attached hydrogen (secondary N) is 1. The summed E-state index contributed by atoms with van der Waals surface area (Å²) in [5.74, 6) is 0.108. The van der Waals surface area contributed by atoms with Crippen molar-refractivity contribution in [1.82, 2.24) is 14.1 Å². The summed E-state index contributed by atoms with van der Waals surface area (Å²) in [6.45, 7) is 13.8. The fraction of sp³-hybridized carbons (Fsp3) is 0.346. The fourth-order valence-electron chi connectivity index (χ4n) is 4.19. The Kier molecular flexibility index (Phi) is 7.87. The maximum absolute atomic E-state index is 13.7. The Morgan fingerprint density at radius 2 is 1.61 bits per heavy atom. The molecule has 0 aliphatic carbocycles. The highest BCUT2D eigenvalue weighted by molar-refractivity contribution is 6.80. The summed E-state index contributed by atoms with van der Waals surface area (Å²) in [5, 5.41) is 1.28. The van der Waals surface area contributed by atoms with Crippen molar-refractivity contribution in [1.29, 1.82) is 0 Å². The third-order valence-electron chi connectivity index (χ3n) is 5.77. The maximum Gasteiger partial charge on any atom is 0.308 e. The molecule has 0 bridgehead atoms. The SMILES string of the molecule is COc1ccc2c(c1)c(CC(=O)N(C(=O)N[Si](C)(C)C)[Si](C)(C)C)c(C)n2C(=O)c1ccc(Cl)cc1. The van der Waals surface area contributed by atoms with Crippen LogP contribution in [0.1, 0.15) is 21.6 Å². The van der Waals surface area contributed by atoms with E-state index in [-0.39, 0.29) is 24.3 Å². The maximum atomic E-state index is 13.7. The van der Waals surface area contributed by atoms with Crippen molar-refractivity contribution in [2.45, 2.75) is 52.6 Å². The van der Waals surface area contributed by atoms with Crippen LogP contribution >= 0.6 is 11.6 Å². The van der Waals surface area contributed by atoms with Crippen LogP contribution in [0.25, 0.3) is 10.9 Å². The lowest BCUT2D eigenvalue weighted by molar-refractivity contribution is -0.124. The molecule has 2 aromatic carbocycles. The number of hydrogen-bond donors (Lipinski definition) is 1. The zero-order chi connectivity index (χ0) is 27.0. The molecule has 192 valence electrons. The Balaban J connectivity index is 2.12. The molecule has 0 spiro atoms. The van der Waals surface area contributed by atoms with E-state index in [2.05, 4.69) is 4.98 Å². The zero-order valence-corrected chi connectivity index (χ0v) is 24.9. The van der Waals surface area contributed by atoms with Crippen LogP contribution in [0.3, 0.4) is 0 Å². The van der Waals surface area contributed by atoms with Crippen LogP contribution in [0.4, 0.5) is 4.79 Å². The van der Waals surface area contributed by atoms with Crippen molar-refractivity contribution in [3.63, 3.8) is 0 Å². The largest absolute Gasteiger partial charge is 0.497 e. The van der Waals surface area contributed by atoms with Gasteiger partial charge in [-0.2, -0.15) is 0 Å². The van der Waals surface area contributed by atoms with Crippen LogP contribution < -0.4 is 9.72 Å². The minimum atomic E-state index is -2.36. The van der Waals surface area contributed by atoms with Gasteiger partial charge in [0.15, 0.2) is 8.24 Å². The second kappa shape index (κ2) is 10.2. The van der Waals surface area contributed by atoms with E-state index in [9.17, 15) is 14.4 Å². The molecule has 7 nitrogen and oxygen atoms in total. The molecule has 10 heteroatoms. The Hall–Kier alpha value is -2.89. The number of methoxy groups -OCH3 is 1. The number of imide groups is 1. The van der Waals surface area contributed by atoms with E-state index in [1.54, 1.807) is 42.0 Å².